The zero-order chi connectivity index (χ0) is 18.5. The van der Waals surface area contributed by atoms with Crippen molar-refractivity contribution in [2.45, 2.75) is 13.0 Å². The number of nitrogens with one attached hydrogen (secondary N) is 1. The highest BCUT2D eigenvalue weighted by molar-refractivity contribution is 7.10. The molecule has 0 aliphatic rings. The minimum Gasteiger partial charge on any atom is -0.497 e. The Balaban J connectivity index is 1.62. The molecule has 1 amide bonds. The molecule has 8 heteroatoms. The first-order valence-corrected chi connectivity index (χ1v) is 8.53. The normalized spacial score (nSPS) is 11.7. The van der Waals surface area contributed by atoms with Crippen molar-refractivity contribution in [2.24, 2.45) is 0 Å². The van der Waals surface area contributed by atoms with Gasteiger partial charge in [-0.15, -0.1) is 0 Å². The van der Waals surface area contributed by atoms with Crippen molar-refractivity contribution in [3.8, 4) is 22.9 Å². The Morgan fingerprint density at radius 2 is 1.77 bits per heavy atom. The number of anilines is 1. The molecule has 0 saturated heterocycles. The van der Waals surface area contributed by atoms with Crippen LogP contribution in [0, 0.1) is 5.82 Å². The molecule has 2 aromatic carbocycles. The minimum atomic E-state index is -0.770. The highest BCUT2D eigenvalue weighted by Gasteiger charge is 2.17. The molecule has 1 heterocycles. The molecule has 134 valence electrons. The van der Waals surface area contributed by atoms with Gasteiger partial charge in [0.25, 0.3) is 5.91 Å². The number of aromatic nitrogens is 2. The second kappa shape index (κ2) is 7.92. The fraction of sp³-hybridized carbons (Fsp3) is 0.167. The third-order valence-corrected chi connectivity index (χ3v) is 4.13. The minimum absolute atomic E-state index is 0.366. The highest BCUT2D eigenvalue weighted by atomic mass is 32.1. The fourth-order valence-electron chi connectivity index (χ4n) is 2.11. The van der Waals surface area contributed by atoms with E-state index in [1.54, 1.807) is 14.0 Å². The summed E-state index contributed by atoms with van der Waals surface area (Å²) in [4.78, 5) is 16.5. The summed E-state index contributed by atoms with van der Waals surface area (Å²) in [7, 11) is 1.60. The molecular weight excluding hydrogens is 357 g/mol. The lowest BCUT2D eigenvalue weighted by Gasteiger charge is -2.13. The van der Waals surface area contributed by atoms with Crippen LogP contribution < -0.4 is 14.8 Å². The molecule has 3 rings (SSSR count). The first-order chi connectivity index (χ1) is 12.5. The molecule has 1 N–H and O–H groups in total. The first-order valence-electron chi connectivity index (χ1n) is 7.76. The molecule has 0 bridgehead atoms. The predicted octanol–water partition coefficient (Wildman–Crippen LogP) is 3.76. The number of hydrogen-bond acceptors (Lipinski definition) is 6. The van der Waals surface area contributed by atoms with Crippen LogP contribution in [-0.4, -0.2) is 28.5 Å². The number of benzene rings is 2. The van der Waals surface area contributed by atoms with E-state index in [1.807, 2.05) is 24.3 Å². The van der Waals surface area contributed by atoms with Crippen LogP contribution in [0.25, 0.3) is 11.4 Å². The zero-order valence-electron chi connectivity index (χ0n) is 14.1. The Hall–Kier alpha value is -3.00. The third-order valence-electron chi connectivity index (χ3n) is 3.50. The number of hydrogen-bond donors (Lipinski definition) is 1. The number of carbonyl (C=O) groups is 1. The van der Waals surface area contributed by atoms with Crippen molar-refractivity contribution in [3.63, 3.8) is 0 Å². The molecule has 0 aliphatic carbocycles. The van der Waals surface area contributed by atoms with E-state index in [0.717, 1.165) is 22.8 Å². The van der Waals surface area contributed by atoms with Gasteiger partial charge in [0, 0.05) is 17.1 Å². The van der Waals surface area contributed by atoms with E-state index in [0.29, 0.717) is 16.7 Å². The molecule has 0 saturated carbocycles. The smallest absolute Gasteiger partial charge is 0.266 e. The summed E-state index contributed by atoms with van der Waals surface area (Å²) in [5.74, 6) is 0.927. The van der Waals surface area contributed by atoms with E-state index < -0.39 is 6.10 Å². The summed E-state index contributed by atoms with van der Waals surface area (Å²) >= 11 is 1.08. The maximum absolute atomic E-state index is 12.9. The molecule has 1 atom stereocenters. The van der Waals surface area contributed by atoms with Gasteiger partial charge in [0.2, 0.25) is 5.13 Å². The van der Waals surface area contributed by atoms with Crippen LogP contribution in [0.2, 0.25) is 0 Å². The maximum atomic E-state index is 12.9. The first kappa shape index (κ1) is 17.8. The quantitative estimate of drug-likeness (QED) is 0.712. The standard InChI is InChI=1S/C18H16FN3O3S/c1-11(25-15-9-5-13(19)6-10-15)17(23)21-18-20-16(22-26-18)12-3-7-14(24-2)8-4-12/h3-11H,1-2H3,(H,20,21,22,23)/t11-/m1/s1. The van der Waals surface area contributed by atoms with Crippen molar-refractivity contribution >= 4 is 22.6 Å². The van der Waals surface area contributed by atoms with E-state index in [1.165, 1.54) is 24.3 Å². The Morgan fingerprint density at radius 3 is 2.42 bits per heavy atom. The second-order valence-corrected chi connectivity index (χ2v) is 6.11. The number of methoxy groups -OCH3 is 1. The Labute approximate surface area is 153 Å². The van der Waals surface area contributed by atoms with E-state index in [4.69, 9.17) is 9.47 Å². The van der Waals surface area contributed by atoms with Crippen molar-refractivity contribution in [1.82, 2.24) is 9.36 Å². The molecule has 26 heavy (non-hydrogen) atoms. The van der Waals surface area contributed by atoms with Gasteiger partial charge in [0.05, 0.1) is 7.11 Å². The number of nitrogens with zero attached hydrogens (tertiary/aromatic N) is 2. The van der Waals surface area contributed by atoms with Gasteiger partial charge in [-0.05, 0) is 55.5 Å². The number of halogens is 1. The lowest BCUT2D eigenvalue weighted by Crippen LogP contribution is -2.30. The number of amides is 1. The maximum Gasteiger partial charge on any atom is 0.266 e. The number of carbonyl (C=O) groups excluding carboxylic acids is 1. The van der Waals surface area contributed by atoms with E-state index >= 15 is 0 Å². The van der Waals surface area contributed by atoms with E-state index in [9.17, 15) is 9.18 Å². The summed E-state index contributed by atoms with van der Waals surface area (Å²) in [5, 5.41) is 3.04. The van der Waals surface area contributed by atoms with Crippen molar-refractivity contribution in [2.75, 3.05) is 12.4 Å². The Bertz CT molecular complexity index is 881. The number of rotatable bonds is 6. The fourth-order valence-corrected chi connectivity index (χ4v) is 2.70. The second-order valence-electron chi connectivity index (χ2n) is 5.35. The van der Waals surface area contributed by atoms with Crippen LogP contribution in [-0.2, 0) is 4.79 Å². The summed E-state index contributed by atoms with van der Waals surface area (Å²) < 4.78 is 27.7. The molecule has 0 fully saturated rings. The highest BCUT2D eigenvalue weighted by Crippen LogP contribution is 2.23. The van der Waals surface area contributed by atoms with Crippen LogP contribution in [0.5, 0.6) is 11.5 Å². The summed E-state index contributed by atoms with van der Waals surface area (Å²) in [6, 6.07) is 12.8. The zero-order valence-corrected chi connectivity index (χ0v) is 14.9. The van der Waals surface area contributed by atoms with Crippen LogP contribution >= 0.6 is 11.5 Å². The van der Waals surface area contributed by atoms with Crippen LogP contribution in [0.4, 0.5) is 9.52 Å². The topological polar surface area (TPSA) is 73.3 Å². The lowest BCUT2D eigenvalue weighted by molar-refractivity contribution is -0.122. The average molecular weight is 373 g/mol. The van der Waals surface area contributed by atoms with Gasteiger partial charge in [-0.2, -0.15) is 9.36 Å². The van der Waals surface area contributed by atoms with Gasteiger partial charge in [-0.1, -0.05) is 0 Å². The molecule has 1 aromatic heterocycles. The molecular formula is C18H16FN3O3S. The molecule has 0 spiro atoms. The molecule has 6 nitrogen and oxygen atoms in total. The largest absolute Gasteiger partial charge is 0.497 e. The molecule has 0 unspecified atom stereocenters. The van der Waals surface area contributed by atoms with Crippen LogP contribution in [0.3, 0.4) is 0 Å². The van der Waals surface area contributed by atoms with Gasteiger partial charge in [-0.3, -0.25) is 10.1 Å². The average Bonchev–Trinajstić information content (AvgIpc) is 3.12. The van der Waals surface area contributed by atoms with Crippen molar-refractivity contribution in [1.29, 1.82) is 0 Å². The van der Waals surface area contributed by atoms with E-state index in [2.05, 4.69) is 14.7 Å². The van der Waals surface area contributed by atoms with Crippen molar-refractivity contribution in [3.05, 3.63) is 54.3 Å². The van der Waals surface area contributed by atoms with Gasteiger partial charge in [0.15, 0.2) is 11.9 Å². The van der Waals surface area contributed by atoms with Gasteiger partial charge >= 0.3 is 0 Å². The predicted molar refractivity (Wildman–Crippen MR) is 97.0 cm³/mol. The Morgan fingerprint density at radius 1 is 1.12 bits per heavy atom. The summed E-state index contributed by atoms with van der Waals surface area (Å²) in [5.41, 5.74) is 0.818. The van der Waals surface area contributed by atoms with Crippen LogP contribution in [0.1, 0.15) is 6.92 Å². The monoisotopic (exact) mass is 373 g/mol. The van der Waals surface area contributed by atoms with Gasteiger partial charge in [0.1, 0.15) is 17.3 Å². The van der Waals surface area contributed by atoms with Gasteiger partial charge in [-0.25, -0.2) is 4.39 Å². The van der Waals surface area contributed by atoms with Crippen molar-refractivity contribution < 1.29 is 18.7 Å². The van der Waals surface area contributed by atoms with E-state index in [-0.39, 0.29) is 11.7 Å². The lowest BCUT2D eigenvalue weighted by atomic mass is 10.2. The Kier molecular flexibility index (Phi) is 5.43. The number of ether oxygens (including phenoxy) is 2. The molecule has 0 aliphatic heterocycles. The molecule has 0 radical (unpaired) electrons. The molecule has 3 aromatic rings. The SMILES string of the molecule is COc1ccc(-c2nsc(NC(=O)[C@@H](C)Oc3ccc(F)cc3)n2)cc1. The van der Waals surface area contributed by atoms with Gasteiger partial charge < -0.3 is 9.47 Å². The third kappa shape index (κ3) is 4.34. The van der Waals surface area contributed by atoms with Crippen LogP contribution in [0.15, 0.2) is 48.5 Å². The summed E-state index contributed by atoms with van der Waals surface area (Å²) in [6.07, 6.45) is -0.770. The summed E-state index contributed by atoms with van der Waals surface area (Å²) in [6.45, 7) is 1.60.